The van der Waals surface area contributed by atoms with Crippen molar-refractivity contribution >= 4 is 45.8 Å². The Labute approximate surface area is 215 Å². The predicted octanol–water partition coefficient (Wildman–Crippen LogP) is 3.43. The molecule has 0 radical (unpaired) electrons. The molecule has 2 N–H and O–H groups in total. The molecule has 1 aromatic carbocycles. The maximum Gasteiger partial charge on any atom is 0.257 e. The van der Waals surface area contributed by atoms with E-state index in [9.17, 15) is 14.4 Å². The van der Waals surface area contributed by atoms with Crippen LogP contribution in [-0.4, -0.2) is 71.8 Å². The lowest BCUT2D eigenvalue weighted by Gasteiger charge is -2.35. The van der Waals surface area contributed by atoms with Crippen molar-refractivity contribution in [3.63, 3.8) is 0 Å². The van der Waals surface area contributed by atoms with Crippen LogP contribution >= 0.6 is 22.9 Å². The highest BCUT2D eigenvalue weighted by Gasteiger charge is 2.25. The lowest BCUT2D eigenvalue weighted by Crippen LogP contribution is -2.52. The Morgan fingerprint density at radius 1 is 0.971 bits per heavy atom. The van der Waals surface area contributed by atoms with E-state index < -0.39 is 0 Å². The Balaban J connectivity index is 1.17. The summed E-state index contributed by atoms with van der Waals surface area (Å²) < 4.78 is 0. The highest BCUT2D eigenvalue weighted by molar-refractivity contribution is 7.14. The SMILES string of the molecule is O=C(Nc1nc(CC(=O)N2CCN(C(=O)CNCC3CCCCC3)CC2)cs1)c1ccc(Cl)cc1. The second-order valence-corrected chi connectivity index (χ2v) is 10.5. The van der Waals surface area contributed by atoms with Crippen LogP contribution < -0.4 is 10.6 Å². The molecule has 4 rings (SSSR count). The van der Waals surface area contributed by atoms with Gasteiger partial charge in [0.1, 0.15) is 0 Å². The number of thiazole rings is 1. The van der Waals surface area contributed by atoms with Gasteiger partial charge in [-0.25, -0.2) is 4.98 Å². The second-order valence-electron chi connectivity index (χ2n) is 9.18. The molecule has 2 fully saturated rings. The normalized spacial score (nSPS) is 16.8. The van der Waals surface area contributed by atoms with E-state index in [0.29, 0.717) is 60.1 Å². The molecule has 35 heavy (non-hydrogen) atoms. The molecule has 0 atom stereocenters. The van der Waals surface area contributed by atoms with Gasteiger partial charge in [-0.15, -0.1) is 11.3 Å². The number of amides is 3. The minimum Gasteiger partial charge on any atom is -0.339 e. The van der Waals surface area contributed by atoms with Crippen LogP contribution in [0.25, 0.3) is 0 Å². The summed E-state index contributed by atoms with van der Waals surface area (Å²) in [6.45, 7) is 3.44. The number of carbonyl (C=O) groups excluding carboxylic acids is 3. The minimum atomic E-state index is -0.275. The zero-order valence-corrected chi connectivity index (χ0v) is 21.4. The minimum absolute atomic E-state index is 0.0200. The van der Waals surface area contributed by atoms with Gasteiger partial charge in [-0.1, -0.05) is 30.9 Å². The van der Waals surface area contributed by atoms with Gasteiger partial charge < -0.3 is 15.1 Å². The average molecular weight is 518 g/mol. The highest BCUT2D eigenvalue weighted by atomic mass is 35.5. The van der Waals surface area contributed by atoms with Crippen molar-refractivity contribution in [1.29, 1.82) is 0 Å². The molecule has 10 heteroatoms. The molecule has 1 aliphatic heterocycles. The average Bonchev–Trinajstić information content (AvgIpc) is 3.31. The van der Waals surface area contributed by atoms with Crippen LogP contribution in [0, 0.1) is 5.92 Å². The van der Waals surface area contributed by atoms with Crippen molar-refractivity contribution in [3.05, 3.63) is 45.9 Å². The summed E-state index contributed by atoms with van der Waals surface area (Å²) in [4.78, 5) is 45.6. The first kappa shape index (κ1) is 25.6. The quantitative estimate of drug-likeness (QED) is 0.559. The third-order valence-electron chi connectivity index (χ3n) is 6.63. The number of nitrogens with zero attached hydrogens (tertiary/aromatic N) is 3. The Hall–Kier alpha value is -2.49. The fourth-order valence-electron chi connectivity index (χ4n) is 4.57. The number of nitrogens with one attached hydrogen (secondary N) is 2. The summed E-state index contributed by atoms with van der Waals surface area (Å²) in [5, 5.41) is 8.89. The van der Waals surface area contributed by atoms with E-state index >= 15 is 0 Å². The Bertz CT molecular complexity index is 1010. The molecule has 1 aliphatic carbocycles. The van der Waals surface area contributed by atoms with Gasteiger partial charge in [0, 0.05) is 42.1 Å². The van der Waals surface area contributed by atoms with E-state index in [4.69, 9.17) is 11.6 Å². The predicted molar refractivity (Wildman–Crippen MR) is 138 cm³/mol. The number of halogens is 1. The fourth-order valence-corrected chi connectivity index (χ4v) is 5.41. The largest absolute Gasteiger partial charge is 0.339 e. The Kier molecular flexibility index (Phi) is 9.12. The molecule has 0 bridgehead atoms. The molecular weight excluding hydrogens is 486 g/mol. The van der Waals surface area contributed by atoms with E-state index in [2.05, 4.69) is 15.6 Å². The van der Waals surface area contributed by atoms with Crippen LogP contribution in [0.3, 0.4) is 0 Å². The lowest BCUT2D eigenvalue weighted by molar-refractivity contribution is -0.138. The van der Waals surface area contributed by atoms with E-state index in [1.165, 1.54) is 43.4 Å². The van der Waals surface area contributed by atoms with Gasteiger partial charge >= 0.3 is 0 Å². The molecule has 2 heterocycles. The maximum atomic E-state index is 12.8. The zero-order chi connectivity index (χ0) is 24.6. The molecule has 1 saturated carbocycles. The van der Waals surface area contributed by atoms with E-state index in [0.717, 1.165) is 6.54 Å². The summed E-state index contributed by atoms with van der Waals surface area (Å²) >= 11 is 7.15. The molecule has 1 saturated heterocycles. The maximum absolute atomic E-state index is 12.8. The molecule has 2 aromatic rings. The third kappa shape index (κ3) is 7.49. The first-order valence-electron chi connectivity index (χ1n) is 12.3. The first-order chi connectivity index (χ1) is 17.0. The van der Waals surface area contributed by atoms with Crippen LogP contribution in [-0.2, 0) is 16.0 Å². The molecular formula is C25H32ClN5O3S. The van der Waals surface area contributed by atoms with E-state index in [-0.39, 0.29) is 24.1 Å². The summed E-state index contributed by atoms with van der Waals surface area (Å²) in [5.41, 5.74) is 1.11. The monoisotopic (exact) mass is 517 g/mol. The van der Waals surface area contributed by atoms with Gasteiger partial charge in [0.15, 0.2) is 5.13 Å². The van der Waals surface area contributed by atoms with Crippen molar-refractivity contribution in [2.24, 2.45) is 5.92 Å². The summed E-state index contributed by atoms with van der Waals surface area (Å²) in [6.07, 6.45) is 6.63. The van der Waals surface area contributed by atoms with Gasteiger partial charge in [0.25, 0.3) is 5.91 Å². The van der Waals surface area contributed by atoms with Gasteiger partial charge in [-0.2, -0.15) is 0 Å². The number of rotatable bonds is 8. The summed E-state index contributed by atoms with van der Waals surface area (Å²) in [6, 6.07) is 6.60. The zero-order valence-electron chi connectivity index (χ0n) is 19.8. The fraction of sp³-hybridized carbons (Fsp3) is 0.520. The van der Waals surface area contributed by atoms with Gasteiger partial charge in [0.05, 0.1) is 18.7 Å². The molecule has 8 nitrogen and oxygen atoms in total. The topological polar surface area (TPSA) is 94.6 Å². The number of hydrogen-bond donors (Lipinski definition) is 2. The Morgan fingerprint density at radius 3 is 2.31 bits per heavy atom. The number of piperazine rings is 1. The summed E-state index contributed by atoms with van der Waals surface area (Å²) in [5.74, 6) is 0.507. The standard InChI is InChI=1S/C25H32ClN5O3S/c26-20-8-6-19(7-9-20)24(34)29-25-28-21(17-35-25)14-22(32)30-10-12-31(13-11-30)23(33)16-27-15-18-4-2-1-3-5-18/h6-9,17-18,27H,1-5,10-16H2,(H,28,29,34). The number of hydrogen-bond acceptors (Lipinski definition) is 6. The van der Waals surface area contributed by atoms with Gasteiger partial charge in [-0.05, 0) is 49.6 Å². The van der Waals surface area contributed by atoms with Crippen LogP contribution in [0.5, 0.6) is 0 Å². The van der Waals surface area contributed by atoms with E-state index in [1.807, 2.05) is 4.90 Å². The van der Waals surface area contributed by atoms with Crippen LogP contribution in [0.1, 0.15) is 48.2 Å². The Morgan fingerprint density at radius 2 is 1.63 bits per heavy atom. The van der Waals surface area contributed by atoms with Crippen molar-refractivity contribution < 1.29 is 14.4 Å². The smallest absolute Gasteiger partial charge is 0.257 e. The number of benzene rings is 1. The summed E-state index contributed by atoms with van der Waals surface area (Å²) in [7, 11) is 0. The van der Waals surface area contributed by atoms with Crippen LogP contribution in [0.4, 0.5) is 5.13 Å². The lowest BCUT2D eigenvalue weighted by atomic mass is 9.89. The van der Waals surface area contributed by atoms with Crippen LogP contribution in [0.2, 0.25) is 5.02 Å². The highest BCUT2D eigenvalue weighted by Crippen LogP contribution is 2.22. The number of anilines is 1. The first-order valence-corrected chi connectivity index (χ1v) is 13.5. The molecule has 0 unspecified atom stereocenters. The second kappa shape index (κ2) is 12.5. The van der Waals surface area contributed by atoms with Crippen molar-refractivity contribution in [2.75, 3.05) is 44.6 Å². The molecule has 0 spiro atoms. The molecule has 188 valence electrons. The van der Waals surface area contributed by atoms with Crippen LogP contribution in [0.15, 0.2) is 29.6 Å². The third-order valence-corrected chi connectivity index (χ3v) is 7.69. The molecule has 1 aromatic heterocycles. The van der Waals surface area contributed by atoms with Gasteiger partial charge in [-0.3, -0.25) is 19.7 Å². The number of carbonyl (C=O) groups is 3. The van der Waals surface area contributed by atoms with Crippen molar-refractivity contribution in [3.8, 4) is 0 Å². The van der Waals surface area contributed by atoms with Crippen molar-refractivity contribution in [1.82, 2.24) is 20.1 Å². The molecule has 2 aliphatic rings. The van der Waals surface area contributed by atoms with Crippen molar-refractivity contribution in [2.45, 2.75) is 38.5 Å². The number of aromatic nitrogens is 1. The molecule has 3 amide bonds. The van der Waals surface area contributed by atoms with E-state index in [1.54, 1.807) is 34.5 Å². The van der Waals surface area contributed by atoms with Gasteiger partial charge in [0.2, 0.25) is 11.8 Å².